The zero-order valence-electron chi connectivity index (χ0n) is 11.5. The van der Waals surface area contributed by atoms with Crippen LogP contribution >= 0.6 is 0 Å². The molecular weight excluding hydrogens is 256 g/mol. The summed E-state index contributed by atoms with van der Waals surface area (Å²) >= 11 is 0. The van der Waals surface area contributed by atoms with Crippen molar-refractivity contribution in [3.8, 4) is 0 Å². The van der Waals surface area contributed by atoms with Gasteiger partial charge in [-0.1, -0.05) is 6.07 Å². The summed E-state index contributed by atoms with van der Waals surface area (Å²) in [5, 5.41) is 6.11. The largest absolute Gasteiger partial charge is 0.378 e. The first-order chi connectivity index (χ1) is 9.84. The number of amides is 1. The van der Waals surface area contributed by atoms with Crippen LogP contribution in [0.1, 0.15) is 5.56 Å². The lowest BCUT2D eigenvalue weighted by molar-refractivity contribution is -0.126. The molecule has 0 aliphatic carbocycles. The molecular formula is C14H20N4O2. The molecule has 0 bridgehead atoms. The van der Waals surface area contributed by atoms with Crippen molar-refractivity contribution in [3.05, 3.63) is 23.9 Å². The van der Waals surface area contributed by atoms with Crippen molar-refractivity contribution in [1.29, 1.82) is 0 Å². The molecule has 6 heteroatoms. The molecule has 20 heavy (non-hydrogen) atoms. The van der Waals surface area contributed by atoms with E-state index in [0.717, 1.165) is 50.8 Å². The molecule has 0 radical (unpaired) electrons. The highest BCUT2D eigenvalue weighted by molar-refractivity contribution is 5.80. The van der Waals surface area contributed by atoms with E-state index < -0.39 is 0 Å². The van der Waals surface area contributed by atoms with Gasteiger partial charge in [-0.25, -0.2) is 4.98 Å². The van der Waals surface area contributed by atoms with Gasteiger partial charge in [0.1, 0.15) is 5.82 Å². The van der Waals surface area contributed by atoms with Gasteiger partial charge in [0.25, 0.3) is 0 Å². The Balaban J connectivity index is 1.64. The maximum atomic E-state index is 11.9. The van der Waals surface area contributed by atoms with Crippen molar-refractivity contribution < 1.29 is 9.53 Å². The topological polar surface area (TPSA) is 66.5 Å². The summed E-state index contributed by atoms with van der Waals surface area (Å²) < 4.78 is 5.37. The van der Waals surface area contributed by atoms with Gasteiger partial charge in [0.15, 0.2) is 0 Å². The van der Waals surface area contributed by atoms with Crippen LogP contribution in [0.3, 0.4) is 0 Å². The van der Waals surface area contributed by atoms with Crippen LogP contribution in [-0.4, -0.2) is 50.3 Å². The smallest absolute Gasteiger partial charge is 0.225 e. The number of aromatic nitrogens is 1. The first-order valence-corrected chi connectivity index (χ1v) is 7.09. The Kier molecular flexibility index (Phi) is 4.13. The van der Waals surface area contributed by atoms with Crippen LogP contribution in [0, 0.1) is 5.92 Å². The van der Waals surface area contributed by atoms with Crippen LogP contribution in [0.4, 0.5) is 5.82 Å². The quantitative estimate of drug-likeness (QED) is 0.794. The first kappa shape index (κ1) is 13.3. The number of carbonyl (C=O) groups excluding carboxylic acids is 1. The number of anilines is 1. The Morgan fingerprint density at radius 2 is 2.25 bits per heavy atom. The second kappa shape index (κ2) is 6.19. The van der Waals surface area contributed by atoms with Crippen molar-refractivity contribution in [2.75, 3.05) is 44.3 Å². The zero-order valence-corrected chi connectivity index (χ0v) is 11.5. The normalized spacial score (nSPS) is 19.5. The highest BCUT2D eigenvalue weighted by Gasteiger charge is 2.24. The lowest BCUT2D eigenvalue weighted by atomic mass is 10.0. The molecule has 1 aromatic heterocycles. The van der Waals surface area contributed by atoms with Gasteiger partial charge in [-0.15, -0.1) is 0 Å². The van der Waals surface area contributed by atoms with Gasteiger partial charge in [-0.2, -0.15) is 0 Å². The Morgan fingerprint density at radius 1 is 1.45 bits per heavy atom. The summed E-state index contributed by atoms with van der Waals surface area (Å²) in [7, 11) is 0. The predicted molar refractivity (Wildman–Crippen MR) is 75.5 cm³/mol. The standard InChI is InChI=1S/C14H20N4O2/c19-14(12-8-15-9-12)17-10-11-2-1-3-16-13(11)18-4-6-20-7-5-18/h1-3,12,15H,4-10H2,(H,17,19). The minimum atomic E-state index is 0.124. The van der Waals surface area contributed by atoms with E-state index in [2.05, 4.69) is 20.5 Å². The van der Waals surface area contributed by atoms with E-state index in [1.807, 2.05) is 12.1 Å². The molecule has 0 spiro atoms. The number of rotatable bonds is 4. The first-order valence-electron chi connectivity index (χ1n) is 7.09. The minimum Gasteiger partial charge on any atom is -0.378 e. The van der Waals surface area contributed by atoms with Gasteiger partial charge in [0.2, 0.25) is 5.91 Å². The molecule has 6 nitrogen and oxygen atoms in total. The van der Waals surface area contributed by atoms with Crippen molar-refractivity contribution in [2.24, 2.45) is 5.92 Å². The minimum absolute atomic E-state index is 0.124. The third kappa shape index (κ3) is 2.91. The number of ether oxygens (including phenoxy) is 1. The summed E-state index contributed by atoms with van der Waals surface area (Å²) in [5.41, 5.74) is 1.06. The molecule has 2 N–H and O–H groups in total. The molecule has 1 aromatic rings. The van der Waals surface area contributed by atoms with Gasteiger partial charge >= 0.3 is 0 Å². The summed E-state index contributed by atoms with van der Waals surface area (Å²) in [6, 6.07) is 3.94. The van der Waals surface area contributed by atoms with E-state index in [1.165, 1.54) is 0 Å². The molecule has 2 aliphatic rings. The molecule has 1 amide bonds. The van der Waals surface area contributed by atoms with Gasteiger partial charge in [-0.05, 0) is 6.07 Å². The summed E-state index contributed by atoms with van der Waals surface area (Å²) in [6.07, 6.45) is 1.80. The average Bonchev–Trinajstić information content (AvgIpc) is 2.44. The summed E-state index contributed by atoms with van der Waals surface area (Å²) in [4.78, 5) is 18.6. The van der Waals surface area contributed by atoms with Crippen LogP contribution < -0.4 is 15.5 Å². The number of hydrogen-bond donors (Lipinski definition) is 2. The average molecular weight is 276 g/mol. The molecule has 3 heterocycles. The molecule has 3 rings (SSSR count). The maximum absolute atomic E-state index is 11.9. The number of carbonyl (C=O) groups is 1. The van der Waals surface area contributed by atoms with Crippen LogP contribution in [0.25, 0.3) is 0 Å². The van der Waals surface area contributed by atoms with E-state index in [9.17, 15) is 4.79 Å². The fraction of sp³-hybridized carbons (Fsp3) is 0.571. The Bertz CT molecular complexity index is 470. The Labute approximate surface area is 118 Å². The molecule has 0 atom stereocenters. The molecule has 0 saturated carbocycles. The number of nitrogens with zero attached hydrogens (tertiary/aromatic N) is 2. The third-order valence-corrected chi connectivity index (χ3v) is 3.78. The van der Waals surface area contributed by atoms with Gasteiger partial charge < -0.3 is 20.3 Å². The fourth-order valence-electron chi connectivity index (χ4n) is 2.43. The highest BCUT2D eigenvalue weighted by Crippen LogP contribution is 2.18. The monoisotopic (exact) mass is 276 g/mol. The van der Waals surface area contributed by atoms with Crippen molar-refractivity contribution in [3.63, 3.8) is 0 Å². The second-order valence-electron chi connectivity index (χ2n) is 5.16. The zero-order chi connectivity index (χ0) is 13.8. The summed E-state index contributed by atoms with van der Waals surface area (Å²) in [5.74, 6) is 1.21. The summed E-state index contributed by atoms with van der Waals surface area (Å²) in [6.45, 7) is 5.28. The molecule has 2 saturated heterocycles. The third-order valence-electron chi connectivity index (χ3n) is 3.78. The van der Waals surface area contributed by atoms with Gasteiger partial charge in [0, 0.05) is 44.5 Å². The number of nitrogens with one attached hydrogen (secondary N) is 2. The Hall–Kier alpha value is -1.66. The molecule has 0 unspecified atom stereocenters. The van der Waals surface area contributed by atoms with E-state index >= 15 is 0 Å². The van der Waals surface area contributed by atoms with E-state index in [0.29, 0.717) is 6.54 Å². The molecule has 108 valence electrons. The van der Waals surface area contributed by atoms with Crippen LogP contribution in [0.5, 0.6) is 0 Å². The van der Waals surface area contributed by atoms with Crippen molar-refractivity contribution >= 4 is 11.7 Å². The molecule has 2 aliphatic heterocycles. The van der Waals surface area contributed by atoms with Crippen LogP contribution in [0.15, 0.2) is 18.3 Å². The molecule has 0 aromatic carbocycles. The van der Waals surface area contributed by atoms with Crippen LogP contribution in [-0.2, 0) is 16.1 Å². The van der Waals surface area contributed by atoms with Crippen molar-refractivity contribution in [1.82, 2.24) is 15.6 Å². The van der Waals surface area contributed by atoms with E-state index in [-0.39, 0.29) is 11.8 Å². The maximum Gasteiger partial charge on any atom is 0.225 e. The van der Waals surface area contributed by atoms with Gasteiger partial charge in [0.05, 0.1) is 19.1 Å². The highest BCUT2D eigenvalue weighted by atomic mass is 16.5. The fourth-order valence-corrected chi connectivity index (χ4v) is 2.43. The number of morpholine rings is 1. The van der Waals surface area contributed by atoms with E-state index in [4.69, 9.17) is 4.74 Å². The van der Waals surface area contributed by atoms with Crippen molar-refractivity contribution in [2.45, 2.75) is 6.54 Å². The second-order valence-corrected chi connectivity index (χ2v) is 5.16. The SMILES string of the molecule is O=C(NCc1cccnc1N1CCOCC1)C1CNC1. The van der Waals surface area contributed by atoms with E-state index in [1.54, 1.807) is 6.20 Å². The number of hydrogen-bond acceptors (Lipinski definition) is 5. The lowest BCUT2D eigenvalue weighted by Crippen LogP contribution is -2.50. The van der Waals surface area contributed by atoms with Crippen LogP contribution in [0.2, 0.25) is 0 Å². The predicted octanol–water partition coefficient (Wildman–Crippen LogP) is -0.246. The lowest BCUT2D eigenvalue weighted by Gasteiger charge is -2.30. The molecule has 2 fully saturated rings. The Morgan fingerprint density at radius 3 is 2.95 bits per heavy atom. The van der Waals surface area contributed by atoms with Gasteiger partial charge in [-0.3, -0.25) is 4.79 Å². The number of pyridine rings is 1.